The number of amides is 1. The van der Waals surface area contributed by atoms with Crippen LogP contribution in [0.3, 0.4) is 0 Å². The van der Waals surface area contributed by atoms with Crippen molar-refractivity contribution in [2.45, 2.75) is 50.5 Å². The summed E-state index contributed by atoms with van der Waals surface area (Å²) >= 11 is 5.91. The van der Waals surface area contributed by atoms with Gasteiger partial charge in [0.2, 0.25) is 10.0 Å². The second-order valence-electron chi connectivity index (χ2n) is 8.08. The molecule has 7 nitrogen and oxygen atoms in total. The predicted molar refractivity (Wildman–Crippen MR) is 125 cm³/mol. The second-order valence-corrected chi connectivity index (χ2v) is 10.5. The van der Waals surface area contributed by atoms with Crippen LogP contribution in [0.1, 0.15) is 40.0 Å². The highest BCUT2D eigenvalue weighted by Gasteiger charge is 2.32. The Morgan fingerprint density at radius 2 is 1.75 bits per heavy atom. The third-order valence-electron chi connectivity index (χ3n) is 5.19. The fourth-order valence-electron chi connectivity index (χ4n) is 3.42. The molecule has 1 saturated heterocycles. The summed E-state index contributed by atoms with van der Waals surface area (Å²) in [6, 6.07) is 11.2. The summed E-state index contributed by atoms with van der Waals surface area (Å²) in [5, 5.41) is 3.35. The molecule has 32 heavy (non-hydrogen) atoms. The first-order chi connectivity index (χ1) is 15.1. The van der Waals surface area contributed by atoms with Gasteiger partial charge in [0, 0.05) is 18.1 Å². The fraction of sp³-hybridized carbons (Fsp3) is 0.435. The number of rotatable bonds is 8. The van der Waals surface area contributed by atoms with Gasteiger partial charge in [-0.1, -0.05) is 18.0 Å². The van der Waals surface area contributed by atoms with Crippen LogP contribution in [-0.4, -0.2) is 43.9 Å². The molecule has 1 amide bonds. The Kier molecular flexibility index (Phi) is 7.69. The molecule has 174 valence electrons. The van der Waals surface area contributed by atoms with Crippen molar-refractivity contribution in [2.75, 3.05) is 25.0 Å². The number of anilines is 1. The zero-order chi connectivity index (χ0) is 23.4. The second kappa shape index (κ2) is 10.1. The topological polar surface area (TPSA) is 84.9 Å². The highest BCUT2D eigenvalue weighted by Crippen LogP contribution is 2.31. The SMILES string of the molecule is CCOc1ccc(S(=O)(=O)N2CCCCC2)cc1NC(=O)C(C)(C)Oc1ccc(Cl)cc1. The van der Waals surface area contributed by atoms with E-state index in [2.05, 4.69) is 5.32 Å². The maximum absolute atomic E-state index is 13.1. The summed E-state index contributed by atoms with van der Waals surface area (Å²) in [7, 11) is -3.66. The first-order valence-corrected chi connectivity index (χ1v) is 12.5. The van der Waals surface area contributed by atoms with Gasteiger partial charge in [-0.2, -0.15) is 4.31 Å². The van der Waals surface area contributed by atoms with Crippen molar-refractivity contribution in [1.29, 1.82) is 0 Å². The van der Waals surface area contributed by atoms with E-state index in [1.54, 1.807) is 44.2 Å². The van der Waals surface area contributed by atoms with Crippen LogP contribution >= 0.6 is 11.6 Å². The van der Waals surface area contributed by atoms with E-state index in [4.69, 9.17) is 21.1 Å². The molecular formula is C23H29ClN2O5S. The van der Waals surface area contributed by atoms with Crippen LogP contribution in [0.5, 0.6) is 11.5 Å². The van der Waals surface area contributed by atoms with Crippen molar-refractivity contribution in [3.8, 4) is 11.5 Å². The van der Waals surface area contributed by atoms with Crippen molar-refractivity contribution in [2.24, 2.45) is 0 Å². The first-order valence-electron chi connectivity index (χ1n) is 10.7. The molecule has 0 unspecified atom stereocenters. The molecule has 9 heteroatoms. The molecule has 0 radical (unpaired) electrons. The maximum Gasteiger partial charge on any atom is 0.268 e. The molecule has 0 bridgehead atoms. The van der Waals surface area contributed by atoms with Gasteiger partial charge < -0.3 is 14.8 Å². The van der Waals surface area contributed by atoms with Gasteiger partial charge in [0.15, 0.2) is 5.60 Å². The van der Waals surface area contributed by atoms with Crippen molar-refractivity contribution in [3.63, 3.8) is 0 Å². The number of nitrogens with one attached hydrogen (secondary N) is 1. The number of sulfonamides is 1. The van der Waals surface area contributed by atoms with E-state index in [-0.39, 0.29) is 10.6 Å². The minimum atomic E-state index is -3.66. The molecule has 1 heterocycles. The Morgan fingerprint density at radius 1 is 1.09 bits per heavy atom. The van der Waals surface area contributed by atoms with E-state index in [1.165, 1.54) is 16.4 Å². The summed E-state index contributed by atoms with van der Waals surface area (Å²) in [5.41, 5.74) is -0.957. The summed E-state index contributed by atoms with van der Waals surface area (Å²) < 4.78 is 39.1. The highest BCUT2D eigenvalue weighted by atomic mass is 35.5. The van der Waals surface area contributed by atoms with Gasteiger partial charge in [0.25, 0.3) is 5.91 Å². The highest BCUT2D eigenvalue weighted by molar-refractivity contribution is 7.89. The molecule has 1 fully saturated rings. The van der Waals surface area contributed by atoms with Gasteiger partial charge in [-0.15, -0.1) is 0 Å². The smallest absolute Gasteiger partial charge is 0.268 e. The number of piperidine rings is 1. The zero-order valence-electron chi connectivity index (χ0n) is 18.6. The minimum absolute atomic E-state index is 0.120. The number of halogens is 1. The van der Waals surface area contributed by atoms with Crippen LogP contribution in [0.25, 0.3) is 0 Å². The standard InChI is InChI=1S/C23H29ClN2O5S/c1-4-30-21-13-12-19(32(28,29)26-14-6-5-7-15-26)16-20(21)25-22(27)23(2,3)31-18-10-8-17(24)9-11-18/h8-13,16H,4-7,14-15H2,1-3H3,(H,25,27). The van der Waals surface area contributed by atoms with E-state index in [9.17, 15) is 13.2 Å². The van der Waals surface area contributed by atoms with E-state index in [1.807, 2.05) is 6.92 Å². The lowest BCUT2D eigenvalue weighted by Gasteiger charge is -2.27. The Labute approximate surface area is 194 Å². The van der Waals surface area contributed by atoms with Gasteiger partial charge >= 0.3 is 0 Å². The molecule has 2 aromatic carbocycles. The molecule has 0 aromatic heterocycles. The van der Waals surface area contributed by atoms with Crippen LogP contribution in [0.2, 0.25) is 5.02 Å². The molecule has 2 aromatic rings. The fourth-order valence-corrected chi connectivity index (χ4v) is 5.09. The lowest BCUT2D eigenvalue weighted by atomic mass is 10.1. The maximum atomic E-state index is 13.1. The lowest BCUT2D eigenvalue weighted by Crippen LogP contribution is -2.42. The van der Waals surface area contributed by atoms with Crippen molar-refractivity contribution in [3.05, 3.63) is 47.5 Å². The van der Waals surface area contributed by atoms with Gasteiger partial charge in [0.05, 0.1) is 17.2 Å². The molecule has 0 spiro atoms. The largest absolute Gasteiger partial charge is 0.492 e. The number of hydrogen-bond donors (Lipinski definition) is 1. The number of hydrogen-bond acceptors (Lipinski definition) is 5. The van der Waals surface area contributed by atoms with E-state index in [0.717, 1.165) is 19.3 Å². The summed E-state index contributed by atoms with van der Waals surface area (Å²) in [6.45, 7) is 6.44. The summed E-state index contributed by atoms with van der Waals surface area (Å²) in [4.78, 5) is 13.2. The molecule has 0 aliphatic carbocycles. The molecule has 1 aliphatic heterocycles. The van der Waals surface area contributed by atoms with Crippen LogP contribution in [-0.2, 0) is 14.8 Å². The Morgan fingerprint density at radius 3 is 2.38 bits per heavy atom. The van der Waals surface area contributed by atoms with Gasteiger partial charge in [-0.3, -0.25) is 4.79 Å². The average molecular weight is 481 g/mol. The van der Waals surface area contributed by atoms with Crippen LogP contribution in [0, 0.1) is 0 Å². The van der Waals surface area contributed by atoms with Crippen LogP contribution in [0.15, 0.2) is 47.4 Å². The average Bonchev–Trinajstić information content (AvgIpc) is 2.77. The summed E-state index contributed by atoms with van der Waals surface area (Å²) in [5.74, 6) is 0.433. The molecular weight excluding hydrogens is 452 g/mol. The Bertz CT molecular complexity index is 1050. The Balaban J connectivity index is 1.85. The van der Waals surface area contributed by atoms with Crippen LogP contribution < -0.4 is 14.8 Å². The third kappa shape index (κ3) is 5.74. The van der Waals surface area contributed by atoms with Crippen molar-refractivity contribution in [1.82, 2.24) is 4.31 Å². The number of nitrogens with zero attached hydrogens (tertiary/aromatic N) is 1. The van der Waals surface area contributed by atoms with Crippen LogP contribution in [0.4, 0.5) is 5.69 Å². The Hall–Kier alpha value is -2.29. The van der Waals surface area contributed by atoms with Gasteiger partial charge in [0.1, 0.15) is 11.5 Å². The quantitative estimate of drug-likeness (QED) is 0.591. The van der Waals surface area contributed by atoms with E-state index in [0.29, 0.717) is 36.2 Å². The predicted octanol–water partition coefficient (Wildman–Crippen LogP) is 4.71. The number of carbonyl (C=O) groups is 1. The molecule has 0 saturated carbocycles. The molecule has 3 rings (SSSR count). The number of benzene rings is 2. The van der Waals surface area contributed by atoms with Gasteiger partial charge in [-0.25, -0.2) is 8.42 Å². The monoisotopic (exact) mass is 480 g/mol. The zero-order valence-corrected chi connectivity index (χ0v) is 20.1. The molecule has 0 atom stereocenters. The minimum Gasteiger partial charge on any atom is -0.492 e. The van der Waals surface area contributed by atoms with Crippen molar-refractivity contribution < 1.29 is 22.7 Å². The third-order valence-corrected chi connectivity index (χ3v) is 7.33. The lowest BCUT2D eigenvalue weighted by molar-refractivity contribution is -0.128. The normalized spacial score (nSPS) is 15.2. The molecule has 1 aliphatic rings. The number of carbonyl (C=O) groups excluding carboxylic acids is 1. The number of ether oxygens (including phenoxy) is 2. The summed E-state index contributed by atoms with van der Waals surface area (Å²) in [6.07, 6.45) is 2.71. The molecule has 1 N–H and O–H groups in total. The first kappa shape index (κ1) is 24.4. The van der Waals surface area contributed by atoms with Crippen molar-refractivity contribution >= 4 is 33.2 Å². The van der Waals surface area contributed by atoms with Gasteiger partial charge in [-0.05, 0) is 76.1 Å². The van der Waals surface area contributed by atoms with E-state index >= 15 is 0 Å². The van der Waals surface area contributed by atoms with E-state index < -0.39 is 21.5 Å².